The Hall–Kier alpha value is -1.10. The Labute approximate surface area is 313 Å². The van der Waals surface area contributed by atoms with Crippen molar-refractivity contribution < 1.29 is 19.1 Å². The van der Waals surface area contributed by atoms with E-state index in [0.29, 0.717) is 19.4 Å². The molecule has 5 nitrogen and oxygen atoms in total. The molecule has 0 unspecified atom stereocenters. The summed E-state index contributed by atoms with van der Waals surface area (Å²) in [6.07, 6.45) is 39.0. The molecule has 0 rings (SSSR count). The van der Waals surface area contributed by atoms with Gasteiger partial charge in [-0.25, -0.2) is 0 Å². The van der Waals surface area contributed by atoms with E-state index in [4.69, 9.17) is 9.47 Å². The maximum Gasteiger partial charge on any atom is 0.306 e. The second-order valence-electron chi connectivity index (χ2n) is 16.2. The van der Waals surface area contributed by atoms with Crippen LogP contribution in [-0.4, -0.2) is 48.7 Å². The summed E-state index contributed by atoms with van der Waals surface area (Å²) in [5.74, 6) is 0.0226. The molecule has 0 aliphatic carbocycles. The highest BCUT2D eigenvalue weighted by Crippen LogP contribution is 2.23. The Kier molecular flexibility index (Phi) is 35.5. The number of hydrogen-bond donors (Lipinski definition) is 0. The molecule has 0 aromatic heterocycles. The van der Waals surface area contributed by atoms with E-state index in [1.807, 2.05) is 0 Å². The van der Waals surface area contributed by atoms with Gasteiger partial charge in [0.1, 0.15) is 6.10 Å². The van der Waals surface area contributed by atoms with E-state index in [2.05, 4.69) is 46.6 Å². The monoisotopic (exact) mass is 708 g/mol. The van der Waals surface area contributed by atoms with Crippen molar-refractivity contribution in [2.45, 2.75) is 258 Å². The number of carbonyl (C=O) groups excluding carboxylic acids is 2. The molecule has 0 aromatic carbocycles. The van der Waals surface area contributed by atoms with E-state index < -0.39 is 0 Å². The molecule has 0 spiro atoms. The minimum Gasteiger partial charge on any atom is -0.466 e. The summed E-state index contributed by atoms with van der Waals surface area (Å²) in [5.41, 5.74) is 0.193. The van der Waals surface area contributed by atoms with Crippen molar-refractivity contribution in [3.8, 4) is 0 Å². The number of ether oxygens (including phenoxy) is 2. The van der Waals surface area contributed by atoms with Crippen molar-refractivity contribution in [1.29, 1.82) is 0 Å². The SMILES string of the molecule is CCCCCCCCCOC(=O)CCCCCCCN(C)C(C)(C)CCCCCCC(=O)OC(CCCCCCCC)CCCCCCCC. The van der Waals surface area contributed by atoms with Crippen molar-refractivity contribution in [3.63, 3.8) is 0 Å². The van der Waals surface area contributed by atoms with Crippen LogP contribution in [0.5, 0.6) is 0 Å². The summed E-state index contributed by atoms with van der Waals surface area (Å²) in [6.45, 7) is 13.2. The molecule has 0 heterocycles. The van der Waals surface area contributed by atoms with Gasteiger partial charge in [-0.2, -0.15) is 0 Å². The van der Waals surface area contributed by atoms with Crippen LogP contribution in [0.1, 0.15) is 247 Å². The zero-order valence-electron chi connectivity index (χ0n) is 34.9. The molecule has 0 amide bonds. The van der Waals surface area contributed by atoms with E-state index in [0.717, 1.165) is 51.5 Å². The lowest BCUT2D eigenvalue weighted by atomic mass is 9.94. The predicted molar refractivity (Wildman–Crippen MR) is 217 cm³/mol. The van der Waals surface area contributed by atoms with Crippen LogP contribution >= 0.6 is 0 Å². The molecule has 50 heavy (non-hydrogen) atoms. The minimum atomic E-state index is -0.0105. The number of rotatable bonds is 39. The lowest BCUT2D eigenvalue weighted by molar-refractivity contribution is -0.150. The fraction of sp³-hybridized carbons (Fsp3) is 0.956. The molecule has 0 radical (unpaired) electrons. The summed E-state index contributed by atoms with van der Waals surface area (Å²) in [4.78, 5) is 27.3. The van der Waals surface area contributed by atoms with Crippen LogP contribution in [0.25, 0.3) is 0 Å². The first-order valence-electron chi connectivity index (χ1n) is 22.3. The molecular weight excluding hydrogens is 618 g/mol. The largest absolute Gasteiger partial charge is 0.466 e. The quantitative estimate of drug-likeness (QED) is 0.0470. The maximum absolute atomic E-state index is 12.7. The van der Waals surface area contributed by atoms with Gasteiger partial charge in [0.2, 0.25) is 0 Å². The summed E-state index contributed by atoms with van der Waals surface area (Å²) >= 11 is 0. The van der Waals surface area contributed by atoms with Crippen LogP contribution < -0.4 is 0 Å². The first kappa shape index (κ1) is 48.9. The predicted octanol–water partition coefficient (Wildman–Crippen LogP) is 14.1. The molecule has 0 aliphatic heterocycles. The smallest absolute Gasteiger partial charge is 0.306 e. The van der Waals surface area contributed by atoms with Gasteiger partial charge in [0.05, 0.1) is 6.61 Å². The van der Waals surface area contributed by atoms with Gasteiger partial charge in [0, 0.05) is 18.4 Å². The molecule has 298 valence electrons. The van der Waals surface area contributed by atoms with Gasteiger partial charge in [-0.1, -0.05) is 162 Å². The molecule has 0 bridgehead atoms. The van der Waals surface area contributed by atoms with E-state index >= 15 is 0 Å². The number of hydrogen-bond acceptors (Lipinski definition) is 5. The van der Waals surface area contributed by atoms with Crippen LogP contribution in [-0.2, 0) is 19.1 Å². The van der Waals surface area contributed by atoms with Crippen LogP contribution in [0.2, 0.25) is 0 Å². The zero-order valence-corrected chi connectivity index (χ0v) is 34.9. The second-order valence-corrected chi connectivity index (χ2v) is 16.2. The molecule has 0 N–H and O–H groups in total. The van der Waals surface area contributed by atoms with Crippen molar-refractivity contribution >= 4 is 11.9 Å². The Morgan fingerprint density at radius 1 is 0.500 bits per heavy atom. The Bertz CT molecular complexity index is 723. The third-order valence-electron chi connectivity index (χ3n) is 10.9. The molecule has 0 aliphatic rings. The van der Waals surface area contributed by atoms with Gasteiger partial charge in [-0.15, -0.1) is 0 Å². The first-order chi connectivity index (χ1) is 24.3. The third-order valence-corrected chi connectivity index (χ3v) is 10.9. The summed E-state index contributed by atoms with van der Waals surface area (Å²) in [5, 5.41) is 0. The topological polar surface area (TPSA) is 55.8 Å². The fourth-order valence-electron chi connectivity index (χ4n) is 6.95. The highest BCUT2D eigenvalue weighted by molar-refractivity contribution is 5.69. The maximum atomic E-state index is 12.7. The van der Waals surface area contributed by atoms with Crippen LogP contribution in [0.15, 0.2) is 0 Å². The van der Waals surface area contributed by atoms with Gasteiger partial charge in [-0.05, 0) is 85.2 Å². The lowest BCUT2D eigenvalue weighted by Gasteiger charge is -2.36. The summed E-state index contributed by atoms with van der Waals surface area (Å²) in [7, 11) is 2.27. The average Bonchev–Trinajstić information content (AvgIpc) is 3.09. The van der Waals surface area contributed by atoms with Crippen LogP contribution in [0.4, 0.5) is 0 Å². The van der Waals surface area contributed by atoms with Crippen molar-refractivity contribution in [3.05, 3.63) is 0 Å². The highest BCUT2D eigenvalue weighted by atomic mass is 16.5. The van der Waals surface area contributed by atoms with Gasteiger partial charge in [-0.3, -0.25) is 9.59 Å². The standard InChI is InChI=1S/C45H89NO4/c1-7-10-13-16-19-27-34-41-49-43(47)37-30-23-20-26-33-40-46(6)45(4,5)39-32-25-24-31-38-44(48)50-42(35-28-21-17-14-11-8-2)36-29-22-18-15-12-9-3/h42H,7-41H2,1-6H3. The molecule has 0 aromatic rings. The normalized spacial score (nSPS) is 11.9. The molecule has 0 fully saturated rings. The Balaban J connectivity index is 3.99. The van der Waals surface area contributed by atoms with Crippen molar-refractivity contribution in [1.82, 2.24) is 4.90 Å². The fourth-order valence-corrected chi connectivity index (χ4v) is 6.95. The van der Waals surface area contributed by atoms with E-state index in [1.54, 1.807) is 0 Å². The van der Waals surface area contributed by atoms with E-state index in [9.17, 15) is 9.59 Å². The average molecular weight is 708 g/mol. The van der Waals surface area contributed by atoms with E-state index in [1.165, 1.54) is 154 Å². The molecule has 0 saturated heterocycles. The number of carbonyl (C=O) groups is 2. The van der Waals surface area contributed by atoms with E-state index in [-0.39, 0.29) is 23.6 Å². The van der Waals surface area contributed by atoms with Crippen molar-refractivity contribution in [2.75, 3.05) is 20.2 Å². The van der Waals surface area contributed by atoms with Crippen LogP contribution in [0, 0.1) is 0 Å². The lowest BCUT2D eigenvalue weighted by Crippen LogP contribution is -2.41. The number of nitrogens with zero attached hydrogens (tertiary/aromatic N) is 1. The van der Waals surface area contributed by atoms with Gasteiger partial charge >= 0.3 is 11.9 Å². The number of unbranched alkanes of at least 4 members (excludes halogenated alkanes) is 23. The second kappa shape index (κ2) is 36.3. The van der Waals surface area contributed by atoms with Gasteiger partial charge < -0.3 is 14.4 Å². The first-order valence-corrected chi connectivity index (χ1v) is 22.3. The van der Waals surface area contributed by atoms with Crippen LogP contribution in [0.3, 0.4) is 0 Å². The Morgan fingerprint density at radius 2 is 0.900 bits per heavy atom. The van der Waals surface area contributed by atoms with Gasteiger partial charge in [0.25, 0.3) is 0 Å². The molecule has 0 saturated carbocycles. The molecule has 5 heteroatoms. The minimum absolute atomic E-state index is 0.0105. The third kappa shape index (κ3) is 32.8. The highest BCUT2D eigenvalue weighted by Gasteiger charge is 2.22. The summed E-state index contributed by atoms with van der Waals surface area (Å²) < 4.78 is 11.5. The van der Waals surface area contributed by atoms with Crippen molar-refractivity contribution in [2.24, 2.45) is 0 Å². The zero-order chi connectivity index (χ0) is 37.0. The summed E-state index contributed by atoms with van der Waals surface area (Å²) in [6, 6.07) is 0. The Morgan fingerprint density at radius 3 is 1.42 bits per heavy atom. The van der Waals surface area contributed by atoms with Gasteiger partial charge in [0.15, 0.2) is 0 Å². The molecular formula is C45H89NO4. The number of esters is 2. The molecule has 0 atom stereocenters.